The van der Waals surface area contributed by atoms with E-state index in [9.17, 15) is 0 Å². The zero-order valence-corrected chi connectivity index (χ0v) is 14.7. The van der Waals surface area contributed by atoms with Gasteiger partial charge in [0.1, 0.15) is 0 Å². The van der Waals surface area contributed by atoms with Gasteiger partial charge in [0.2, 0.25) is 0 Å². The molecule has 2 heteroatoms. The van der Waals surface area contributed by atoms with Crippen molar-refractivity contribution < 1.29 is 0 Å². The molecule has 1 fully saturated rings. The summed E-state index contributed by atoms with van der Waals surface area (Å²) in [6.45, 7) is 15.6. The summed E-state index contributed by atoms with van der Waals surface area (Å²) in [5.41, 5.74) is 0.301. The standard InChI is InChI=1S/C18H31NS/c1-14-8-10-19(11-9-14)13-15(2)12-16-6-7-17(20-16)18(3,4)5/h6-7,14-15H,8-13H2,1-5H3. The third kappa shape index (κ3) is 4.60. The highest BCUT2D eigenvalue weighted by atomic mass is 32.1. The van der Waals surface area contributed by atoms with Crippen LogP contribution in [0.25, 0.3) is 0 Å². The van der Waals surface area contributed by atoms with E-state index in [1.165, 1.54) is 43.8 Å². The minimum absolute atomic E-state index is 0.301. The van der Waals surface area contributed by atoms with Crippen molar-refractivity contribution in [2.45, 2.75) is 59.3 Å². The van der Waals surface area contributed by atoms with E-state index < -0.39 is 0 Å². The second-order valence-corrected chi connectivity index (χ2v) is 8.98. The predicted molar refractivity (Wildman–Crippen MR) is 90.7 cm³/mol. The van der Waals surface area contributed by atoms with Gasteiger partial charge in [0.15, 0.2) is 0 Å². The second-order valence-electron chi connectivity index (χ2n) is 7.81. The van der Waals surface area contributed by atoms with E-state index in [1.807, 2.05) is 11.3 Å². The van der Waals surface area contributed by atoms with Gasteiger partial charge >= 0.3 is 0 Å². The van der Waals surface area contributed by atoms with Crippen LogP contribution in [0.3, 0.4) is 0 Å². The first kappa shape index (κ1) is 16.0. The van der Waals surface area contributed by atoms with Gasteiger partial charge in [-0.25, -0.2) is 0 Å². The fraction of sp³-hybridized carbons (Fsp3) is 0.778. The maximum atomic E-state index is 2.67. The van der Waals surface area contributed by atoms with Crippen LogP contribution in [-0.2, 0) is 11.8 Å². The molecule has 1 unspecified atom stereocenters. The molecule has 0 saturated carbocycles. The lowest BCUT2D eigenvalue weighted by atomic mass is 9.95. The maximum Gasteiger partial charge on any atom is 0.0102 e. The number of nitrogens with zero attached hydrogens (tertiary/aromatic N) is 1. The zero-order valence-electron chi connectivity index (χ0n) is 13.9. The van der Waals surface area contributed by atoms with E-state index in [2.05, 4.69) is 51.7 Å². The first-order chi connectivity index (χ1) is 9.34. The van der Waals surface area contributed by atoms with Gasteiger partial charge in [0.25, 0.3) is 0 Å². The van der Waals surface area contributed by atoms with Crippen LogP contribution in [0.15, 0.2) is 12.1 Å². The van der Waals surface area contributed by atoms with Crippen LogP contribution in [0.2, 0.25) is 0 Å². The van der Waals surface area contributed by atoms with Gasteiger partial charge in [0.05, 0.1) is 0 Å². The Morgan fingerprint density at radius 1 is 1.25 bits per heavy atom. The number of hydrogen-bond acceptors (Lipinski definition) is 2. The van der Waals surface area contributed by atoms with Crippen LogP contribution in [0.5, 0.6) is 0 Å². The van der Waals surface area contributed by atoms with E-state index >= 15 is 0 Å². The normalized spacial score (nSPS) is 20.2. The molecule has 114 valence electrons. The van der Waals surface area contributed by atoms with Crippen LogP contribution >= 0.6 is 11.3 Å². The number of likely N-dealkylation sites (tertiary alicyclic amines) is 1. The Hall–Kier alpha value is -0.340. The quantitative estimate of drug-likeness (QED) is 0.758. The van der Waals surface area contributed by atoms with E-state index in [-0.39, 0.29) is 0 Å². The third-order valence-corrected chi connectivity index (χ3v) is 5.93. The molecule has 0 spiro atoms. The molecular formula is C18H31NS. The van der Waals surface area contributed by atoms with E-state index in [1.54, 1.807) is 4.88 Å². The third-order valence-electron chi connectivity index (χ3n) is 4.40. The Morgan fingerprint density at radius 3 is 2.45 bits per heavy atom. The smallest absolute Gasteiger partial charge is 0.0102 e. The van der Waals surface area contributed by atoms with Crippen LogP contribution in [0, 0.1) is 11.8 Å². The Labute approximate surface area is 129 Å². The fourth-order valence-electron chi connectivity index (χ4n) is 2.98. The molecule has 20 heavy (non-hydrogen) atoms. The molecule has 1 atom stereocenters. The first-order valence-electron chi connectivity index (χ1n) is 8.16. The summed E-state index contributed by atoms with van der Waals surface area (Å²) >= 11 is 2.01. The summed E-state index contributed by atoms with van der Waals surface area (Å²) < 4.78 is 0. The molecule has 1 aromatic heterocycles. The number of piperidine rings is 1. The highest BCUT2D eigenvalue weighted by Gasteiger charge is 2.19. The minimum atomic E-state index is 0.301. The van der Waals surface area contributed by atoms with Gasteiger partial charge in [0, 0.05) is 16.3 Å². The van der Waals surface area contributed by atoms with Crippen molar-refractivity contribution in [2.24, 2.45) is 11.8 Å². The largest absolute Gasteiger partial charge is 0.303 e. The predicted octanol–water partition coefficient (Wildman–Crippen LogP) is 4.96. The Morgan fingerprint density at radius 2 is 1.90 bits per heavy atom. The van der Waals surface area contributed by atoms with Gasteiger partial charge in [-0.1, -0.05) is 34.6 Å². The van der Waals surface area contributed by atoms with Crippen LogP contribution in [-0.4, -0.2) is 24.5 Å². The van der Waals surface area contributed by atoms with Crippen molar-refractivity contribution >= 4 is 11.3 Å². The van der Waals surface area contributed by atoms with Crippen LogP contribution in [0.1, 0.15) is 57.2 Å². The SMILES string of the molecule is CC1CCN(CC(C)Cc2ccc(C(C)(C)C)s2)CC1. The van der Waals surface area contributed by atoms with Gasteiger partial charge in [-0.05, 0) is 61.7 Å². The van der Waals surface area contributed by atoms with Crippen molar-refractivity contribution in [3.05, 3.63) is 21.9 Å². The monoisotopic (exact) mass is 293 g/mol. The summed E-state index contributed by atoms with van der Waals surface area (Å²) in [6.07, 6.45) is 4.02. The average molecular weight is 294 g/mol. The lowest BCUT2D eigenvalue weighted by Gasteiger charge is -2.32. The molecule has 2 heterocycles. The molecule has 1 aliphatic rings. The van der Waals surface area contributed by atoms with Gasteiger partial charge in [-0.3, -0.25) is 0 Å². The number of rotatable bonds is 4. The lowest BCUT2D eigenvalue weighted by Crippen LogP contribution is -2.36. The minimum Gasteiger partial charge on any atom is -0.303 e. The maximum absolute atomic E-state index is 2.67. The molecular weight excluding hydrogens is 262 g/mol. The summed E-state index contributed by atoms with van der Waals surface area (Å²) in [5, 5.41) is 0. The summed E-state index contributed by atoms with van der Waals surface area (Å²) in [6, 6.07) is 4.68. The van der Waals surface area contributed by atoms with Crippen molar-refractivity contribution in [2.75, 3.05) is 19.6 Å². The van der Waals surface area contributed by atoms with Gasteiger partial charge < -0.3 is 4.90 Å². The molecule has 1 aromatic rings. The number of hydrogen-bond donors (Lipinski definition) is 0. The highest BCUT2D eigenvalue weighted by Crippen LogP contribution is 2.30. The fourth-order valence-corrected chi connectivity index (χ4v) is 4.21. The van der Waals surface area contributed by atoms with Crippen molar-refractivity contribution in [1.29, 1.82) is 0 Å². The van der Waals surface area contributed by atoms with E-state index in [0.717, 1.165) is 11.8 Å². The average Bonchev–Trinajstić information content (AvgIpc) is 2.80. The molecule has 0 N–H and O–H groups in total. The van der Waals surface area contributed by atoms with Gasteiger partial charge in [-0.15, -0.1) is 11.3 Å². The van der Waals surface area contributed by atoms with E-state index in [0.29, 0.717) is 5.41 Å². The molecule has 1 saturated heterocycles. The summed E-state index contributed by atoms with van der Waals surface area (Å²) in [4.78, 5) is 5.75. The summed E-state index contributed by atoms with van der Waals surface area (Å²) in [5.74, 6) is 1.71. The molecule has 0 aliphatic carbocycles. The molecule has 0 radical (unpaired) electrons. The molecule has 1 aliphatic heterocycles. The first-order valence-corrected chi connectivity index (χ1v) is 8.98. The summed E-state index contributed by atoms with van der Waals surface area (Å²) in [7, 11) is 0. The Bertz CT molecular complexity index is 407. The second kappa shape index (κ2) is 6.62. The van der Waals surface area contributed by atoms with Crippen LogP contribution < -0.4 is 0 Å². The zero-order chi connectivity index (χ0) is 14.8. The van der Waals surface area contributed by atoms with Crippen molar-refractivity contribution in [1.82, 2.24) is 4.90 Å². The highest BCUT2D eigenvalue weighted by molar-refractivity contribution is 7.12. The van der Waals surface area contributed by atoms with Crippen LogP contribution in [0.4, 0.5) is 0 Å². The van der Waals surface area contributed by atoms with Crippen molar-refractivity contribution in [3.8, 4) is 0 Å². The van der Waals surface area contributed by atoms with Gasteiger partial charge in [-0.2, -0.15) is 0 Å². The molecule has 1 nitrogen and oxygen atoms in total. The van der Waals surface area contributed by atoms with Crippen molar-refractivity contribution in [3.63, 3.8) is 0 Å². The molecule has 0 bridgehead atoms. The topological polar surface area (TPSA) is 3.24 Å². The lowest BCUT2D eigenvalue weighted by molar-refractivity contribution is 0.171. The molecule has 0 amide bonds. The Kier molecular flexibility index (Phi) is 5.30. The Balaban J connectivity index is 1.82. The number of thiophene rings is 1. The van der Waals surface area contributed by atoms with E-state index in [4.69, 9.17) is 0 Å². The molecule has 0 aromatic carbocycles. The molecule has 2 rings (SSSR count).